The van der Waals surface area contributed by atoms with Crippen LogP contribution in [0.25, 0.3) is 0 Å². The third-order valence-electron chi connectivity index (χ3n) is 3.98. The summed E-state index contributed by atoms with van der Waals surface area (Å²) in [7, 11) is 0. The molecule has 0 N–H and O–H groups in total. The van der Waals surface area contributed by atoms with E-state index in [1.54, 1.807) is 17.8 Å². The van der Waals surface area contributed by atoms with Gasteiger partial charge in [0, 0.05) is 24.1 Å². The minimum atomic E-state index is 0.0859. The molecule has 1 amide bonds. The van der Waals surface area contributed by atoms with Crippen molar-refractivity contribution in [3.8, 4) is 0 Å². The van der Waals surface area contributed by atoms with E-state index in [1.165, 1.54) is 15.4 Å². The van der Waals surface area contributed by atoms with Gasteiger partial charge in [0.15, 0.2) is 0 Å². The van der Waals surface area contributed by atoms with E-state index >= 15 is 0 Å². The molecule has 2 nitrogen and oxygen atoms in total. The van der Waals surface area contributed by atoms with Crippen LogP contribution < -0.4 is 0 Å². The minimum absolute atomic E-state index is 0.0859. The Hall–Kier alpha value is -2.26. The van der Waals surface area contributed by atoms with E-state index in [1.807, 2.05) is 35.2 Å². The van der Waals surface area contributed by atoms with Gasteiger partial charge >= 0.3 is 0 Å². The zero-order valence-electron chi connectivity index (χ0n) is 13.8. The molecule has 1 heterocycles. The maximum absolute atomic E-state index is 12.2. The summed E-state index contributed by atoms with van der Waals surface area (Å²) in [5.41, 5.74) is 2.40. The molecule has 0 fully saturated rings. The van der Waals surface area contributed by atoms with Gasteiger partial charge in [0.25, 0.3) is 0 Å². The average molecular weight is 335 g/mol. The summed E-state index contributed by atoms with van der Waals surface area (Å²) < 4.78 is 0. The van der Waals surface area contributed by atoms with Crippen LogP contribution in [0.15, 0.2) is 88.2 Å². The molecule has 2 aromatic carbocycles. The average Bonchev–Trinajstić information content (AvgIpc) is 2.63. The van der Waals surface area contributed by atoms with Crippen LogP contribution in [-0.4, -0.2) is 17.4 Å². The maximum Gasteiger partial charge on any atom is 0.247 e. The molecule has 1 aliphatic rings. The van der Waals surface area contributed by atoms with Crippen molar-refractivity contribution in [3.05, 3.63) is 88.9 Å². The number of hydrogen-bond donors (Lipinski definition) is 0. The molecule has 0 atom stereocenters. The molecule has 122 valence electrons. The highest BCUT2D eigenvalue weighted by atomic mass is 32.2. The first kappa shape index (κ1) is 16.6. The first-order chi connectivity index (χ1) is 11.8. The highest BCUT2D eigenvalue weighted by molar-refractivity contribution is 8.03. The van der Waals surface area contributed by atoms with Crippen molar-refractivity contribution in [1.29, 1.82) is 0 Å². The number of amides is 1. The van der Waals surface area contributed by atoms with Crippen LogP contribution in [0, 0.1) is 0 Å². The Morgan fingerprint density at radius 1 is 1.00 bits per heavy atom. The Bertz CT molecular complexity index is 750. The first-order valence-corrected chi connectivity index (χ1v) is 9.03. The van der Waals surface area contributed by atoms with Gasteiger partial charge in [-0.15, -0.1) is 0 Å². The van der Waals surface area contributed by atoms with E-state index < -0.39 is 0 Å². The molecule has 0 aromatic heterocycles. The number of benzene rings is 2. The second-order valence-electron chi connectivity index (χ2n) is 5.73. The number of rotatable bonds is 5. The maximum atomic E-state index is 12.2. The molecule has 0 saturated heterocycles. The van der Waals surface area contributed by atoms with Crippen LogP contribution in [-0.2, 0) is 11.3 Å². The molecule has 1 aliphatic heterocycles. The molecule has 3 heteroatoms. The third-order valence-corrected chi connectivity index (χ3v) is 5.28. The predicted molar refractivity (Wildman–Crippen MR) is 101 cm³/mol. The lowest BCUT2D eigenvalue weighted by atomic mass is 10.1. The lowest BCUT2D eigenvalue weighted by Crippen LogP contribution is -2.33. The van der Waals surface area contributed by atoms with E-state index in [2.05, 4.69) is 43.3 Å². The summed E-state index contributed by atoms with van der Waals surface area (Å²) in [6.07, 6.45) is 4.65. The first-order valence-electron chi connectivity index (χ1n) is 8.22. The van der Waals surface area contributed by atoms with Gasteiger partial charge in [0.05, 0.1) is 0 Å². The highest BCUT2D eigenvalue weighted by Crippen LogP contribution is 2.32. The Morgan fingerprint density at radius 2 is 1.67 bits per heavy atom. The standard InChI is InChI=1S/C21H21NOS/c1-2-20(24-19-11-7-4-8-12-19)18-13-14-21(23)22(16-18)15-17-9-5-3-6-10-17/h3-14H,2,15-16H2,1H3/b20-18+. The topological polar surface area (TPSA) is 20.3 Å². The quantitative estimate of drug-likeness (QED) is 0.713. The molecule has 0 unspecified atom stereocenters. The number of carbonyl (C=O) groups is 1. The molecule has 0 spiro atoms. The molecule has 0 aliphatic carbocycles. The van der Waals surface area contributed by atoms with Crippen LogP contribution in [0.2, 0.25) is 0 Å². The Kier molecular flexibility index (Phi) is 5.55. The fraction of sp³-hybridized carbons (Fsp3) is 0.190. The normalized spacial score (nSPS) is 16.4. The summed E-state index contributed by atoms with van der Waals surface area (Å²) in [5, 5.41) is 0. The van der Waals surface area contributed by atoms with Crippen LogP contribution in [0.4, 0.5) is 0 Å². The lowest BCUT2D eigenvalue weighted by Gasteiger charge is -2.26. The van der Waals surface area contributed by atoms with E-state index in [-0.39, 0.29) is 5.91 Å². The molecule has 3 rings (SSSR count). The Morgan fingerprint density at radius 3 is 2.33 bits per heavy atom. The third kappa shape index (κ3) is 4.18. The van der Waals surface area contributed by atoms with Gasteiger partial charge in [-0.3, -0.25) is 4.79 Å². The van der Waals surface area contributed by atoms with Crippen LogP contribution in [0.1, 0.15) is 18.9 Å². The number of hydrogen-bond acceptors (Lipinski definition) is 2. The SMILES string of the molecule is CC/C(Sc1ccccc1)=C1/C=CC(=O)N(Cc2ccccc2)C1. The predicted octanol–water partition coefficient (Wildman–Crippen LogP) is 5.04. The van der Waals surface area contributed by atoms with Gasteiger partial charge in [0.1, 0.15) is 0 Å². The fourth-order valence-electron chi connectivity index (χ4n) is 2.73. The second-order valence-corrected chi connectivity index (χ2v) is 6.90. The number of thioether (sulfide) groups is 1. The summed E-state index contributed by atoms with van der Waals surface area (Å²) in [6, 6.07) is 20.5. The van der Waals surface area contributed by atoms with Gasteiger partial charge in [-0.05, 0) is 34.6 Å². The van der Waals surface area contributed by atoms with Gasteiger partial charge in [-0.2, -0.15) is 0 Å². The van der Waals surface area contributed by atoms with Crippen molar-refractivity contribution in [2.45, 2.75) is 24.8 Å². The van der Waals surface area contributed by atoms with Crippen molar-refractivity contribution < 1.29 is 4.79 Å². The van der Waals surface area contributed by atoms with Gasteiger partial charge in [0.2, 0.25) is 5.91 Å². The molecular weight excluding hydrogens is 314 g/mol. The molecule has 0 radical (unpaired) electrons. The molecule has 0 bridgehead atoms. The van der Waals surface area contributed by atoms with Crippen molar-refractivity contribution >= 4 is 17.7 Å². The van der Waals surface area contributed by atoms with E-state index in [9.17, 15) is 4.79 Å². The number of nitrogens with zero attached hydrogens (tertiary/aromatic N) is 1. The van der Waals surface area contributed by atoms with E-state index in [0.717, 1.165) is 12.0 Å². The largest absolute Gasteiger partial charge is 0.330 e. The molecule has 0 saturated carbocycles. The van der Waals surface area contributed by atoms with Crippen LogP contribution >= 0.6 is 11.8 Å². The molecular formula is C21H21NOS. The highest BCUT2D eigenvalue weighted by Gasteiger charge is 2.19. The molecule has 2 aromatic rings. The zero-order chi connectivity index (χ0) is 16.8. The Labute approximate surface area is 147 Å². The van der Waals surface area contributed by atoms with Crippen molar-refractivity contribution in [2.75, 3.05) is 6.54 Å². The van der Waals surface area contributed by atoms with Crippen LogP contribution in [0.5, 0.6) is 0 Å². The number of allylic oxidation sites excluding steroid dienone is 1. The zero-order valence-corrected chi connectivity index (χ0v) is 14.6. The number of carbonyl (C=O) groups excluding carboxylic acids is 1. The monoisotopic (exact) mass is 335 g/mol. The smallest absolute Gasteiger partial charge is 0.247 e. The van der Waals surface area contributed by atoms with E-state index in [4.69, 9.17) is 0 Å². The summed E-state index contributed by atoms with van der Waals surface area (Å²) >= 11 is 1.80. The fourth-order valence-corrected chi connectivity index (χ4v) is 3.71. The summed E-state index contributed by atoms with van der Waals surface area (Å²) in [4.78, 5) is 16.7. The molecule has 24 heavy (non-hydrogen) atoms. The summed E-state index contributed by atoms with van der Waals surface area (Å²) in [5.74, 6) is 0.0859. The lowest BCUT2D eigenvalue weighted by molar-refractivity contribution is -0.126. The van der Waals surface area contributed by atoms with Crippen molar-refractivity contribution in [3.63, 3.8) is 0 Å². The minimum Gasteiger partial charge on any atom is -0.330 e. The van der Waals surface area contributed by atoms with Gasteiger partial charge in [-0.25, -0.2) is 0 Å². The second kappa shape index (κ2) is 8.02. The summed E-state index contributed by atoms with van der Waals surface area (Å²) in [6.45, 7) is 3.50. The van der Waals surface area contributed by atoms with Crippen molar-refractivity contribution in [1.82, 2.24) is 4.90 Å². The van der Waals surface area contributed by atoms with Crippen molar-refractivity contribution in [2.24, 2.45) is 0 Å². The van der Waals surface area contributed by atoms with E-state index in [0.29, 0.717) is 13.1 Å². The van der Waals surface area contributed by atoms with Crippen LogP contribution in [0.3, 0.4) is 0 Å². The van der Waals surface area contributed by atoms with Gasteiger partial charge in [-0.1, -0.05) is 73.3 Å². The van der Waals surface area contributed by atoms with Gasteiger partial charge < -0.3 is 4.90 Å². The Balaban J connectivity index is 1.79.